The molecule has 0 radical (unpaired) electrons. The lowest BCUT2D eigenvalue weighted by molar-refractivity contribution is 0.390. The Balaban J connectivity index is 2.05. The van der Waals surface area contributed by atoms with Crippen molar-refractivity contribution in [2.45, 2.75) is 6.04 Å². The van der Waals surface area contributed by atoms with Crippen LogP contribution in [0.4, 0.5) is 0 Å². The zero-order chi connectivity index (χ0) is 13.9. The van der Waals surface area contributed by atoms with E-state index in [-0.39, 0.29) is 6.04 Å². The number of hydrogen-bond acceptors (Lipinski definition) is 5. The summed E-state index contributed by atoms with van der Waals surface area (Å²) >= 11 is 0. The first-order valence-corrected chi connectivity index (χ1v) is 6.26. The lowest BCUT2D eigenvalue weighted by Gasteiger charge is -2.13. The SMILES string of the molecule is COc1ccc(C(N)c2cccc3cccnc23)nn1. The van der Waals surface area contributed by atoms with Gasteiger partial charge in [-0.25, -0.2) is 0 Å². The number of nitrogens with two attached hydrogens (primary N) is 1. The van der Waals surface area contributed by atoms with E-state index in [9.17, 15) is 0 Å². The van der Waals surface area contributed by atoms with Gasteiger partial charge in [-0.15, -0.1) is 10.2 Å². The molecule has 0 aliphatic heterocycles. The van der Waals surface area contributed by atoms with Crippen molar-refractivity contribution >= 4 is 10.9 Å². The van der Waals surface area contributed by atoms with Gasteiger partial charge in [-0.2, -0.15) is 0 Å². The molecule has 0 aliphatic rings. The molecule has 2 heterocycles. The highest BCUT2D eigenvalue weighted by atomic mass is 16.5. The average molecular weight is 266 g/mol. The van der Waals surface area contributed by atoms with E-state index in [0.29, 0.717) is 11.6 Å². The number of aromatic nitrogens is 3. The molecular formula is C15H14N4O. The predicted molar refractivity (Wildman–Crippen MR) is 76.4 cm³/mol. The molecule has 20 heavy (non-hydrogen) atoms. The summed E-state index contributed by atoms with van der Waals surface area (Å²) in [5, 5.41) is 9.11. The van der Waals surface area contributed by atoms with Crippen LogP contribution < -0.4 is 10.5 Å². The molecule has 1 unspecified atom stereocenters. The molecular weight excluding hydrogens is 252 g/mol. The van der Waals surface area contributed by atoms with Crippen molar-refractivity contribution in [1.29, 1.82) is 0 Å². The smallest absolute Gasteiger partial charge is 0.233 e. The Hall–Kier alpha value is -2.53. The van der Waals surface area contributed by atoms with E-state index < -0.39 is 0 Å². The van der Waals surface area contributed by atoms with E-state index in [4.69, 9.17) is 10.5 Å². The van der Waals surface area contributed by atoms with Gasteiger partial charge in [0.25, 0.3) is 0 Å². The Morgan fingerprint density at radius 1 is 1.05 bits per heavy atom. The van der Waals surface area contributed by atoms with Crippen molar-refractivity contribution in [2.75, 3.05) is 7.11 Å². The topological polar surface area (TPSA) is 73.9 Å². The van der Waals surface area contributed by atoms with Crippen LogP contribution in [0.3, 0.4) is 0 Å². The Morgan fingerprint density at radius 3 is 2.65 bits per heavy atom. The van der Waals surface area contributed by atoms with E-state index in [1.807, 2.05) is 36.4 Å². The maximum Gasteiger partial charge on any atom is 0.233 e. The third-order valence-electron chi connectivity index (χ3n) is 3.19. The number of hydrogen-bond donors (Lipinski definition) is 1. The lowest BCUT2D eigenvalue weighted by atomic mass is 10.0. The third kappa shape index (κ3) is 2.19. The van der Waals surface area contributed by atoms with Crippen molar-refractivity contribution in [3.8, 4) is 5.88 Å². The van der Waals surface area contributed by atoms with Gasteiger partial charge in [0.15, 0.2) is 0 Å². The average Bonchev–Trinajstić information content (AvgIpc) is 2.54. The molecule has 0 saturated carbocycles. The second-order valence-corrected chi connectivity index (χ2v) is 4.40. The Labute approximate surface area is 116 Å². The van der Waals surface area contributed by atoms with Crippen molar-refractivity contribution in [1.82, 2.24) is 15.2 Å². The maximum absolute atomic E-state index is 6.29. The summed E-state index contributed by atoms with van der Waals surface area (Å²) < 4.78 is 5.00. The van der Waals surface area contributed by atoms with Crippen LogP contribution in [-0.4, -0.2) is 22.3 Å². The summed E-state index contributed by atoms with van der Waals surface area (Å²) in [6.45, 7) is 0. The molecule has 1 atom stereocenters. The molecule has 3 aromatic rings. The quantitative estimate of drug-likeness (QED) is 0.785. The summed E-state index contributed by atoms with van der Waals surface area (Å²) in [5.41, 5.74) is 8.80. The van der Waals surface area contributed by atoms with E-state index >= 15 is 0 Å². The summed E-state index contributed by atoms with van der Waals surface area (Å²) in [7, 11) is 1.55. The Bertz CT molecular complexity index is 722. The van der Waals surface area contributed by atoms with Gasteiger partial charge < -0.3 is 10.5 Å². The molecule has 3 rings (SSSR count). The molecule has 0 amide bonds. The summed E-state index contributed by atoms with van der Waals surface area (Å²) in [5.74, 6) is 0.469. The number of rotatable bonds is 3. The molecule has 0 saturated heterocycles. The molecule has 0 aliphatic carbocycles. The highest BCUT2D eigenvalue weighted by molar-refractivity contribution is 5.82. The fourth-order valence-electron chi connectivity index (χ4n) is 2.14. The molecule has 5 heteroatoms. The van der Waals surface area contributed by atoms with E-state index in [1.54, 1.807) is 19.4 Å². The van der Waals surface area contributed by atoms with Crippen LogP contribution >= 0.6 is 0 Å². The molecule has 2 N–H and O–H groups in total. The van der Waals surface area contributed by atoms with E-state index in [2.05, 4.69) is 15.2 Å². The molecule has 0 fully saturated rings. The van der Waals surface area contributed by atoms with Crippen LogP contribution in [0.15, 0.2) is 48.7 Å². The molecule has 0 spiro atoms. The second-order valence-electron chi connectivity index (χ2n) is 4.40. The largest absolute Gasteiger partial charge is 0.480 e. The summed E-state index contributed by atoms with van der Waals surface area (Å²) in [6, 6.07) is 13.1. The van der Waals surface area contributed by atoms with E-state index in [0.717, 1.165) is 16.5 Å². The van der Waals surface area contributed by atoms with Crippen LogP contribution in [0.2, 0.25) is 0 Å². The van der Waals surface area contributed by atoms with Crippen LogP contribution in [0.1, 0.15) is 17.3 Å². The number of fused-ring (bicyclic) bond motifs is 1. The zero-order valence-electron chi connectivity index (χ0n) is 11.0. The predicted octanol–water partition coefficient (Wildman–Crippen LogP) is 2.08. The van der Waals surface area contributed by atoms with E-state index in [1.165, 1.54) is 0 Å². The monoisotopic (exact) mass is 266 g/mol. The number of pyridine rings is 1. The fraction of sp³-hybridized carbons (Fsp3) is 0.133. The third-order valence-corrected chi connectivity index (χ3v) is 3.19. The van der Waals surface area contributed by atoms with Crippen LogP contribution in [0, 0.1) is 0 Å². The first kappa shape index (κ1) is 12.5. The highest BCUT2D eigenvalue weighted by Gasteiger charge is 2.14. The van der Waals surface area contributed by atoms with Gasteiger partial charge in [0.1, 0.15) is 0 Å². The first-order chi connectivity index (χ1) is 9.79. The summed E-state index contributed by atoms with van der Waals surface area (Å²) in [4.78, 5) is 4.41. The zero-order valence-corrected chi connectivity index (χ0v) is 11.0. The van der Waals surface area contributed by atoms with Crippen molar-refractivity contribution in [3.63, 3.8) is 0 Å². The van der Waals surface area contributed by atoms with Gasteiger partial charge in [-0.1, -0.05) is 24.3 Å². The summed E-state index contributed by atoms with van der Waals surface area (Å²) in [6.07, 6.45) is 1.76. The highest BCUT2D eigenvalue weighted by Crippen LogP contribution is 2.24. The minimum Gasteiger partial charge on any atom is -0.480 e. The van der Waals surface area contributed by atoms with Crippen molar-refractivity contribution in [3.05, 3.63) is 59.9 Å². The van der Waals surface area contributed by atoms with Crippen molar-refractivity contribution in [2.24, 2.45) is 5.73 Å². The van der Waals surface area contributed by atoms with Gasteiger partial charge in [0.05, 0.1) is 24.4 Å². The number of ether oxygens (including phenoxy) is 1. The molecule has 1 aromatic carbocycles. The Morgan fingerprint density at radius 2 is 1.90 bits per heavy atom. The van der Waals surface area contributed by atoms with Crippen LogP contribution in [0.5, 0.6) is 5.88 Å². The van der Waals surface area contributed by atoms with Crippen LogP contribution in [0.25, 0.3) is 10.9 Å². The van der Waals surface area contributed by atoms with Gasteiger partial charge in [-0.3, -0.25) is 4.98 Å². The number of benzene rings is 1. The van der Waals surface area contributed by atoms with Crippen molar-refractivity contribution < 1.29 is 4.74 Å². The normalized spacial score (nSPS) is 12.3. The molecule has 100 valence electrons. The molecule has 2 aromatic heterocycles. The van der Waals surface area contributed by atoms with Gasteiger partial charge >= 0.3 is 0 Å². The second kappa shape index (κ2) is 5.22. The van der Waals surface area contributed by atoms with Gasteiger partial charge in [-0.05, 0) is 12.1 Å². The van der Waals surface area contributed by atoms with Gasteiger partial charge in [0.2, 0.25) is 5.88 Å². The standard InChI is InChI=1S/C15H14N4O/c1-20-13-8-7-12(18-19-13)14(16)11-6-2-4-10-5-3-9-17-15(10)11/h2-9,14H,16H2,1H3. The minimum absolute atomic E-state index is 0.369. The number of methoxy groups -OCH3 is 1. The maximum atomic E-state index is 6.29. The first-order valence-electron chi connectivity index (χ1n) is 6.26. The Kier molecular flexibility index (Phi) is 3.26. The minimum atomic E-state index is -0.369. The lowest BCUT2D eigenvalue weighted by Crippen LogP contribution is -2.15. The molecule has 5 nitrogen and oxygen atoms in total. The fourth-order valence-corrected chi connectivity index (χ4v) is 2.14. The number of nitrogens with zero attached hydrogens (tertiary/aromatic N) is 3. The number of para-hydroxylation sites is 1. The van der Waals surface area contributed by atoms with Crippen LogP contribution in [-0.2, 0) is 0 Å². The van der Waals surface area contributed by atoms with Gasteiger partial charge in [0, 0.05) is 23.2 Å². The molecule has 0 bridgehead atoms.